The summed E-state index contributed by atoms with van der Waals surface area (Å²) in [6.07, 6.45) is 1.56. The molecule has 0 bridgehead atoms. The van der Waals surface area contributed by atoms with E-state index in [0.717, 1.165) is 11.3 Å². The number of hydrogen-bond acceptors (Lipinski definition) is 4. The molecule has 0 unspecified atom stereocenters. The van der Waals surface area contributed by atoms with Crippen LogP contribution in [0.4, 0.5) is 5.82 Å². The number of carboxylic acid groups (broad SMARTS) is 1. The Balaban J connectivity index is 2.12. The van der Waals surface area contributed by atoms with Crippen LogP contribution >= 0.6 is 15.9 Å². The number of methoxy groups -OCH3 is 1. The number of halogens is 1. The van der Waals surface area contributed by atoms with Crippen LogP contribution in [0, 0.1) is 0 Å². The smallest absolute Gasteiger partial charge is 0.339 e. The summed E-state index contributed by atoms with van der Waals surface area (Å²) >= 11 is 3.21. The van der Waals surface area contributed by atoms with Crippen LogP contribution in [0.3, 0.4) is 0 Å². The maximum Gasteiger partial charge on any atom is 0.339 e. The van der Waals surface area contributed by atoms with Gasteiger partial charge in [-0.15, -0.1) is 0 Å². The van der Waals surface area contributed by atoms with Gasteiger partial charge < -0.3 is 15.2 Å². The molecule has 0 fully saturated rings. The molecule has 0 spiro atoms. The first-order chi connectivity index (χ1) is 9.60. The van der Waals surface area contributed by atoms with Crippen LogP contribution in [0.2, 0.25) is 0 Å². The minimum Gasteiger partial charge on any atom is -0.497 e. The third-order valence-corrected chi connectivity index (χ3v) is 3.14. The summed E-state index contributed by atoms with van der Waals surface area (Å²) < 4.78 is 5.71. The Kier molecular flexibility index (Phi) is 4.57. The van der Waals surface area contributed by atoms with E-state index >= 15 is 0 Å². The topological polar surface area (TPSA) is 71.5 Å². The van der Waals surface area contributed by atoms with Crippen molar-refractivity contribution in [3.05, 3.63) is 52.1 Å². The lowest BCUT2D eigenvalue weighted by atomic mass is 10.2. The van der Waals surface area contributed by atoms with Gasteiger partial charge in [0, 0.05) is 17.2 Å². The number of nitrogens with one attached hydrogen (secondary N) is 1. The minimum absolute atomic E-state index is 0.132. The zero-order valence-corrected chi connectivity index (χ0v) is 12.3. The number of hydrogen-bond donors (Lipinski definition) is 2. The van der Waals surface area contributed by atoms with Gasteiger partial charge in [-0.25, -0.2) is 9.78 Å². The molecule has 0 saturated carbocycles. The lowest BCUT2D eigenvalue weighted by Gasteiger charge is -2.09. The monoisotopic (exact) mass is 336 g/mol. The van der Waals surface area contributed by atoms with Gasteiger partial charge in [0.1, 0.15) is 17.1 Å². The number of ether oxygens (including phenoxy) is 1. The van der Waals surface area contributed by atoms with Crippen molar-refractivity contribution < 1.29 is 14.6 Å². The van der Waals surface area contributed by atoms with Crippen LogP contribution in [-0.2, 0) is 6.54 Å². The minimum atomic E-state index is -1.02. The Morgan fingerprint density at radius 3 is 2.70 bits per heavy atom. The second-order valence-electron chi connectivity index (χ2n) is 4.06. The van der Waals surface area contributed by atoms with Gasteiger partial charge in [0.15, 0.2) is 0 Å². The fraction of sp³-hybridized carbons (Fsp3) is 0.143. The third kappa shape index (κ3) is 3.48. The normalized spacial score (nSPS) is 10.1. The number of anilines is 1. The first kappa shape index (κ1) is 14.3. The molecular formula is C14H13BrN2O3. The van der Waals surface area contributed by atoms with Gasteiger partial charge in [0.25, 0.3) is 0 Å². The van der Waals surface area contributed by atoms with E-state index in [4.69, 9.17) is 9.84 Å². The molecule has 1 aromatic heterocycles. The molecule has 104 valence electrons. The van der Waals surface area contributed by atoms with E-state index in [-0.39, 0.29) is 5.56 Å². The number of nitrogens with zero attached hydrogens (tertiary/aromatic N) is 1. The molecular weight excluding hydrogens is 324 g/mol. The molecule has 0 aliphatic heterocycles. The van der Waals surface area contributed by atoms with Crippen molar-refractivity contribution in [1.29, 1.82) is 0 Å². The fourth-order valence-electron chi connectivity index (χ4n) is 1.67. The standard InChI is InChI=1S/C14H13BrN2O3/c1-20-11-4-2-9(3-5-11)7-16-13-12(14(18)19)6-10(15)8-17-13/h2-6,8H,7H2,1H3,(H,16,17)(H,18,19). The van der Waals surface area contributed by atoms with Gasteiger partial charge in [0.2, 0.25) is 0 Å². The van der Waals surface area contributed by atoms with Gasteiger partial charge in [-0.05, 0) is 39.7 Å². The van der Waals surface area contributed by atoms with E-state index in [1.807, 2.05) is 24.3 Å². The van der Waals surface area contributed by atoms with Gasteiger partial charge in [-0.3, -0.25) is 0 Å². The third-order valence-electron chi connectivity index (χ3n) is 2.70. The summed E-state index contributed by atoms with van der Waals surface area (Å²) in [5, 5.41) is 12.2. The zero-order chi connectivity index (χ0) is 14.5. The maximum absolute atomic E-state index is 11.2. The number of carboxylic acids is 1. The Labute approximate surface area is 124 Å². The summed E-state index contributed by atoms with van der Waals surface area (Å²) in [5.41, 5.74) is 1.14. The van der Waals surface area contributed by atoms with E-state index in [1.54, 1.807) is 13.3 Å². The fourth-order valence-corrected chi connectivity index (χ4v) is 2.00. The van der Waals surface area contributed by atoms with Gasteiger partial charge >= 0.3 is 5.97 Å². The highest BCUT2D eigenvalue weighted by molar-refractivity contribution is 9.10. The van der Waals surface area contributed by atoms with Gasteiger partial charge in [0.05, 0.1) is 7.11 Å². The van der Waals surface area contributed by atoms with E-state index < -0.39 is 5.97 Å². The second-order valence-corrected chi connectivity index (χ2v) is 4.97. The lowest BCUT2D eigenvalue weighted by molar-refractivity contribution is 0.0697. The van der Waals surface area contributed by atoms with Crippen LogP contribution in [0.25, 0.3) is 0 Å². The molecule has 2 N–H and O–H groups in total. The average molecular weight is 337 g/mol. The number of pyridine rings is 1. The first-order valence-corrected chi connectivity index (χ1v) is 6.65. The van der Waals surface area contributed by atoms with E-state index in [9.17, 15) is 4.79 Å². The Hall–Kier alpha value is -2.08. The quantitative estimate of drug-likeness (QED) is 0.877. The molecule has 0 aliphatic carbocycles. The molecule has 5 nitrogen and oxygen atoms in total. The van der Waals surface area contributed by atoms with E-state index in [2.05, 4.69) is 26.2 Å². The van der Waals surface area contributed by atoms with Gasteiger partial charge in [-0.1, -0.05) is 12.1 Å². The number of rotatable bonds is 5. The molecule has 6 heteroatoms. The van der Waals surface area contributed by atoms with E-state index in [1.165, 1.54) is 6.07 Å². The van der Waals surface area contributed by atoms with E-state index in [0.29, 0.717) is 16.8 Å². The Morgan fingerprint density at radius 1 is 1.40 bits per heavy atom. The second kappa shape index (κ2) is 6.38. The lowest BCUT2D eigenvalue weighted by Crippen LogP contribution is -2.08. The first-order valence-electron chi connectivity index (χ1n) is 5.86. The van der Waals surface area contributed by atoms with Crippen LogP contribution in [0.1, 0.15) is 15.9 Å². The number of aromatic carboxylic acids is 1. The van der Waals surface area contributed by atoms with Crippen LogP contribution in [0.5, 0.6) is 5.75 Å². The summed E-state index contributed by atoms with van der Waals surface area (Å²) in [6.45, 7) is 0.485. The van der Waals surface area contributed by atoms with Crippen LogP contribution in [-0.4, -0.2) is 23.2 Å². The highest BCUT2D eigenvalue weighted by Gasteiger charge is 2.11. The highest BCUT2D eigenvalue weighted by Crippen LogP contribution is 2.19. The maximum atomic E-state index is 11.2. The van der Waals surface area contributed by atoms with Crippen molar-refractivity contribution in [2.75, 3.05) is 12.4 Å². The Bertz CT molecular complexity index is 614. The Morgan fingerprint density at radius 2 is 2.10 bits per heavy atom. The van der Waals surface area contributed by atoms with Crippen molar-refractivity contribution >= 4 is 27.7 Å². The molecule has 0 atom stereocenters. The summed E-state index contributed by atoms with van der Waals surface area (Å²) in [7, 11) is 1.61. The van der Waals surface area contributed by atoms with Crippen LogP contribution in [0.15, 0.2) is 41.0 Å². The largest absolute Gasteiger partial charge is 0.497 e. The zero-order valence-electron chi connectivity index (χ0n) is 10.8. The summed E-state index contributed by atoms with van der Waals surface area (Å²) in [5.74, 6) is 0.106. The molecule has 1 heterocycles. The summed E-state index contributed by atoms with van der Waals surface area (Å²) in [4.78, 5) is 15.2. The molecule has 20 heavy (non-hydrogen) atoms. The molecule has 2 rings (SSSR count). The highest BCUT2D eigenvalue weighted by atomic mass is 79.9. The molecule has 1 aromatic carbocycles. The van der Waals surface area contributed by atoms with Crippen molar-refractivity contribution in [3.63, 3.8) is 0 Å². The van der Waals surface area contributed by atoms with Gasteiger partial charge in [-0.2, -0.15) is 0 Å². The molecule has 0 saturated heterocycles. The molecule has 0 amide bonds. The van der Waals surface area contributed by atoms with Crippen molar-refractivity contribution in [3.8, 4) is 5.75 Å². The predicted octanol–water partition coefficient (Wildman–Crippen LogP) is 3.16. The SMILES string of the molecule is COc1ccc(CNc2ncc(Br)cc2C(=O)O)cc1. The van der Waals surface area contributed by atoms with Crippen molar-refractivity contribution in [2.45, 2.75) is 6.54 Å². The van der Waals surface area contributed by atoms with Crippen molar-refractivity contribution in [1.82, 2.24) is 4.98 Å². The summed E-state index contributed by atoms with van der Waals surface area (Å²) in [6, 6.07) is 9.04. The number of carbonyl (C=O) groups is 1. The predicted molar refractivity (Wildman–Crippen MR) is 79.2 cm³/mol. The number of aromatic nitrogens is 1. The molecule has 2 aromatic rings. The molecule has 0 aliphatic rings. The number of benzene rings is 1. The van der Waals surface area contributed by atoms with Crippen molar-refractivity contribution in [2.24, 2.45) is 0 Å². The average Bonchev–Trinajstić information content (AvgIpc) is 2.46. The van der Waals surface area contributed by atoms with Crippen LogP contribution < -0.4 is 10.1 Å². The molecule has 0 radical (unpaired) electrons.